The number of nitrogens with one attached hydrogen (secondary N) is 2. The fourth-order valence-corrected chi connectivity index (χ4v) is 3.22. The molecule has 5 N–H and O–H groups in total. The van der Waals surface area contributed by atoms with Gasteiger partial charge in [-0.15, -0.1) is 0 Å². The SMILES string of the molecule is OCC(CO)NC(C1CCNCC1)C1CC(O)C1. The lowest BCUT2D eigenvalue weighted by atomic mass is 9.71. The van der Waals surface area contributed by atoms with Crippen LogP contribution in [0.5, 0.6) is 0 Å². The van der Waals surface area contributed by atoms with Crippen LogP contribution in [0.15, 0.2) is 0 Å². The van der Waals surface area contributed by atoms with E-state index in [0.29, 0.717) is 17.9 Å². The Morgan fingerprint density at radius 2 is 1.67 bits per heavy atom. The molecule has 1 saturated carbocycles. The Balaban J connectivity index is 1.93. The van der Waals surface area contributed by atoms with E-state index in [1.54, 1.807) is 0 Å². The second-order valence-corrected chi connectivity index (χ2v) is 5.73. The van der Waals surface area contributed by atoms with Crippen LogP contribution < -0.4 is 10.6 Å². The molecule has 0 spiro atoms. The summed E-state index contributed by atoms with van der Waals surface area (Å²) in [6.45, 7) is 2.02. The van der Waals surface area contributed by atoms with Gasteiger partial charge in [0.05, 0.1) is 25.4 Å². The lowest BCUT2D eigenvalue weighted by molar-refractivity contribution is 0.00150. The molecule has 106 valence electrons. The molecular weight excluding hydrogens is 232 g/mol. The molecule has 0 bridgehead atoms. The molecule has 1 unspecified atom stereocenters. The average molecular weight is 258 g/mol. The first-order valence-corrected chi connectivity index (χ1v) is 7.11. The molecule has 1 heterocycles. The van der Waals surface area contributed by atoms with Crippen LogP contribution in [0.3, 0.4) is 0 Å². The van der Waals surface area contributed by atoms with E-state index in [1.165, 1.54) is 0 Å². The van der Waals surface area contributed by atoms with E-state index >= 15 is 0 Å². The van der Waals surface area contributed by atoms with Crippen LogP contribution in [-0.4, -0.2) is 59.8 Å². The molecular formula is C13H26N2O3. The predicted molar refractivity (Wildman–Crippen MR) is 69.2 cm³/mol. The molecule has 5 heteroatoms. The third-order valence-electron chi connectivity index (χ3n) is 4.42. The van der Waals surface area contributed by atoms with Gasteiger partial charge in [-0.05, 0) is 50.6 Å². The van der Waals surface area contributed by atoms with Crippen molar-refractivity contribution in [3.05, 3.63) is 0 Å². The first-order valence-electron chi connectivity index (χ1n) is 7.11. The fourth-order valence-electron chi connectivity index (χ4n) is 3.22. The van der Waals surface area contributed by atoms with E-state index in [9.17, 15) is 15.3 Å². The number of aliphatic hydroxyl groups excluding tert-OH is 3. The van der Waals surface area contributed by atoms with E-state index in [1.807, 2.05) is 0 Å². The van der Waals surface area contributed by atoms with Gasteiger partial charge in [0.2, 0.25) is 0 Å². The number of hydrogen-bond donors (Lipinski definition) is 5. The largest absolute Gasteiger partial charge is 0.395 e. The first-order chi connectivity index (χ1) is 8.74. The highest BCUT2D eigenvalue weighted by atomic mass is 16.3. The molecule has 1 aliphatic carbocycles. The topological polar surface area (TPSA) is 84.8 Å². The van der Waals surface area contributed by atoms with Crippen molar-refractivity contribution in [2.75, 3.05) is 26.3 Å². The summed E-state index contributed by atoms with van der Waals surface area (Å²) in [7, 11) is 0. The Morgan fingerprint density at radius 1 is 1.06 bits per heavy atom. The minimum absolute atomic E-state index is 0.0345. The molecule has 5 nitrogen and oxygen atoms in total. The van der Waals surface area contributed by atoms with Gasteiger partial charge in [0.15, 0.2) is 0 Å². The molecule has 1 aliphatic heterocycles. The first kappa shape index (κ1) is 14.2. The van der Waals surface area contributed by atoms with Crippen molar-refractivity contribution in [2.24, 2.45) is 11.8 Å². The van der Waals surface area contributed by atoms with Gasteiger partial charge >= 0.3 is 0 Å². The van der Waals surface area contributed by atoms with Crippen LogP contribution in [0.4, 0.5) is 0 Å². The Morgan fingerprint density at radius 3 is 2.17 bits per heavy atom. The number of aliphatic hydroxyl groups is 3. The summed E-state index contributed by atoms with van der Waals surface area (Å²) in [6.07, 6.45) is 3.82. The molecule has 18 heavy (non-hydrogen) atoms. The highest BCUT2D eigenvalue weighted by molar-refractivity contribution is 4.94. The van der Waals surface area contributed by atoms with Crippen molar-refractivity contribution in [1.29, 1.82) is 0 Å². The fraction of sp³-hybridized carbons (Fsp3) is 1.00. The molecule has 1 atom stereocenters. The third kappa shape index (κ3) is 3.42. The average Bonchev–Trinajstić information content (AvgIpc) is 2.38. The Bertz CT molecular complexity index is 236. The molecule has 0 radical (unpaired) electrons. The van der Waals surface area contributed by atoms with Gasteiger partial charge < -0.3 is 26.0 Å². The van der Waals surface area contributed by atoms with E-state index in [0.717, 1.165) is 38.8 Å². The zero-order chi connectivity index (χ0) is 13.0. The Hall–Kier alpha value is -0.200. The lowest BCUT2D eigenvalue weighted by Gasteiger charge is -2.44. The molecule has 0 aromatic rings. The van der Waals surface area contributed by atoms with Gasteiger partial charge in [-0.2, -0.15) is 0 Å². The van der Waals surface area contributed by atoms with E-state index in [4.69, 9.17) is 0 Å². The minimum Gasteiger partial charge on any atom is -0.395 e. The van der Waals surface area contributed by atoms with Gasteiger partial charge in [-0.25, -0.2) is 0 Å². The van der Waals surface area contributed by atoms with Gasteiger partial charge in [0, 0.05) is 6.04 Å². The number of piperidine rings is 1. The summed E-state index contributed by atoms with van der Waals surface area (Å²) < 4.78 is 0. The highest BCUT2D eigenvalue weighted by Crippen LogP contribution is 2.35. The zero-order valence-corrected chi connectivity index (χ0v) is 10.9. The molecule has 2 rings (SSSR count). The smallest absolute Gasteiger partial charge is 0.0607 e. The molecule has 0 aromatic carbocycles. The van der Waals surface area contributed by atoms with Crippen molar-refractivity contribution in [3.63, 3.8) is 0 Å². The van der Waals surface area contributed by atoms with Crippen molar-refractivity contribution in [2.45, 2.75) is 43.9 Å². The monoisotopic (exact) mass is 258 g/mol. The van der Waals surface area contributed by atoms with E-state index in [2.05, 4.69) is 10.6 Å². The third-order valence-corrected chi connectivity index (χ3v) is 4.42. The summed E-state index contributed by atoms with van der Waals surface area (Å²) in [4.78, 5) is 0. The highest BCUT2D eigenvalue weighted by Gasteiger charge is 2.38. The van der Waals surface area contributed by atoms with Gasteiger partial charge in [0.25, 0.3) is 0 Å². The van der Waals surface area contributed by atoms with Gasteiger partial charge in [0.1, 0.15) is 0 Å². The van der Waals surface area contributed by atoms with Crippen LogP contribution in [-0.2, 0) is 0 Å². The van der Waals surface area contributed by atoms with Crippen LogP contribution in [0, 0.1) is 11.8 Å². The summed E-state index contributed by atoms with van der Waals surface area (Å²) in [5.74, 6) is 1.08. The van der Waals surface area contributed by atoms with E-state index in [-0.39, 0.29) is 25.4 Å². The second kappa shape index (κ2) is 6.82. The summed E-state index contributed by atoms with van der Waals surface area (Å²) >= 11 is 0. The molecule has 2 fully saturated rings. The number of hydrogen-bond acceptors (Lipinski definition) is 5. The second-order valence-electron chi connectivity index (χ2n) is 5.73. The predicted octanol–water partition coefficient (Wildman–Crippen LogP) is -0.932. The van der Waals surface area contributed by atoms with Gasteiger partial charge in [-0.1, -0.05) is 0 Å². The molecule has 0 amide bonds. The lowest BCUT2D eigenvalue weighted by Crippen LogP contribution is -2.55. The quantitative estimate of drug-likeness (QED) is 0.425. The Kier molecular flexibility index (Phi) is 5.38. The standard InChI is InChI=1S/C13H26N2O3/c16-7-11(8-17)15-13(10-5-12(18)6-10)9-1-3-14-4-2-9/h9-18H,1-8H2. The van der Waals surface area contributed by atoms with Crippen molar-refractivity contribution in [3.8, 4) is 0 Å². The van der Waals surface area contributed by atoms with Crippen molar-refractivity contribution < 1.29 is 15.3 Å². The molecule has 1 saturated heterocycles. The number of rotatable bonds is 6. The molecule has 0 aromatic heterocycles. The van der Waals surface area contributed by atoms with Gasteiger partial charge in [-0.3, -0.25) is 0 Å². The maximum atomic E-state index is 9.48. The van der Waals surface area contributed by atoms with Crippen molar-refractivity contribution >= 4 is 0 Å². The Labute approximate surface area is 109 Å². The maximum Gasteiger partial charge on any atom is 0.0607 e. The maximum absolute atomic E-state index is 9.48. The minimum atomic E-state index is -0.234. The summed E-state index contributed by atoms with van der Waals surface area (Å²) in [5, 5.41) is 34.7. The van der Waals surface area contributed by atoms with Crippen molar-refractivity contribution in [1.82, 2.24) is 10.6 Å². The summed E-state index contributed by atoms with van der Waals surface area (Å²) in [6, 6.07) is 0.0856. The zero-order valence-electron chi connectivity index (χ0n) is 10.9. The van der Waals surface area contributed by atoms with Crippen LogP contribution in [0.2, 0.25) is 0 Å². The normalized spacial score (nSPS) is 31.3. The van der Waals surface area contributed by atoms with Crippen LogP contribution in [0.1, 0.15) is 25.7 Å². The summed E-state index contributed by atoms with van der Waals surface area (Å²) in [5.41, 5.74) is 0. The van der Waals surface area contributed by atoms with E-state index < -0.39 is 0 Å². The van der Waals surface area contributed by atoms with Crippen LogP contribution in [0.25, 0.3) is 0 Å². The van der Waals surface area contributed by atoms with Crippen LogP contribution >= 0.6 is 0 Å². The molecule has 2 aliphatic rings.